The van der Waals surface area contributed by atoms with Gasteiger partial charge >= 0.3 is 0 Å². The molecule has 1 radical (unpaired) electrons. The molecule has 0 saturated heterocycles. The lowest BCUT2D eigenvalue weighted by Crippen LogP contribution is -1.86. The van der Waals surface area contributed by atoms with Crippen molar-refractivity contribution in [2.24, 2.45) is 0 Å². The van der Waals surface area contributed by atoms with Crippen LogP contribution >= 0.6 is 0 Å². The van der Waals surface area contributed by atoms with Crippen LogP contribution in [0.25, 0.3) is 0 Å². The highest BCUT2D eigenvalue weighted by Crippen LogP contribution is 2.18. The lowest BCUT2D eigenvalue weighted by Gasteiger charge is -2.01. The third-order valence-electron chi connectivity index (χ3n) is 1.26. The number of hydrogen-bond donors (Lipinski definition) is 0. The van der Waals surface area contributed by atoms with E-state index >= 15 is 0 Å². The molecule has 0 aromatic heterocycles. The Morgan fingerprint density at radius 1 is 1.40 bits per heavy atom. The fourth-order valence-electron chi connectivity index (χ4n) is 0.757. The van der Waals surface area contributed by atoms with Gasteiger partial charge in [0.1, 0.15) is 5.75 Å². The first-order chi connectivity index (χ1) is 4.88. The van der Waals surface area contributed by atoms with Crippen LogP contribution in [0.3, 0.4) is 0 Å². The molecule has 1 aromatic rings. The molecule has 0 atom stereocenters. The number of rotatable bonds is 2. The lowest BCUT2D eigenvalue weighted by atomic mass is 10.2. The topological polar surface area (TPSA) is 9.23 Å². The molecule has 0 N–H and O–H groups in total. The van der Waals surface area contributed by atoms with Gasteiger partial charge in [-0.2, -0.15) is 0 Å². The zero-order chi connectivity index (χ0) is 7.40. The maximum Gasteiger partial charge on any atom is 0.164 e. The molecule has 0 unspecified atom stereocenters. The fourth-order valence-corrected chi connectivity index (χ4v) is 0.757. The van der Waals surface area contributed by atoms with E-state index in [9.17, 15) is 4.39 Å². The standard InChI is InChI=1S/C8H8FO/c1-10-8-5-3-2-4-7(8)6-9/h2-6H,1H3. The van der Waals surface area contributed by atoms with E-state index in [-0.39, 0.29) is 0 Å². The van der Waals surface area contributed by atoms with E-state index in [0.717, 1.165) is 0 Å². The molecule has 2 heteroatoms. The average Bonchev–Trinajstić information content (AvgIpc) is 2.04. The largest absolute Gasteiger partial charge is 0.496 e. The van der Waals surface area contributed by atoms with Crippen molar-refractivity contribution in [3.63, 3.8) is 0 Å². The Morgan fingerprint density at radius 3 is 2.60 bits per heavy atom. The second-order valence-electron chi connectivity index (χ2n) is 1.85. The summed E-state index contributed by atoms with van der Waals surface area (Å²) >= 11 is 0. The van der Waals surface area contributed by atoms with Gasteiger partial charge in [-0.05, 0) is 6.07 Å². The van der Waals surface area contributed by atoms with E-state index in [1.54, 1.807) is 24.3 Å². The first-order valence-corrected chi connectivity index (χ1v) is 2.95. The van der Waals surface area contributed by atoms with Crippen LogP contribution in [0.4, 0.5) is 4.39 Å². The zero-order valence-corrected chi connectivity index (χ0v) is 5.67. The normalized spacial score (nSPS) is 9.40. The van der Waals surface area contributed by atoms with Crippen molar-refractivity contribution in [3.05, 3.63) is 36.5 Å². The molecule has 0 aliphatic carbocycles. The van der Waals surface area contributed by atoms with E-state index in [2.05, 4.69) is 0 Å². The van der Waals surface area contributed by atoms with Crippen LogP contribution in [0, 0.1) is 6.67 Å². The quantitative estimate of drug-likeness (QED) is 0.610. The monoisotopic (exact) mass is 139 g/mol. The van der Waals surface area contributed by atoms with Gasteiger partial charge in [-0.15, -0.1) is 0 Å². The zero-order valence-electron chi connectivity index (χ0n) is 5.67. The van der Waals surface area contributed by atoms with E-state index < -0.39 is 0 Å². The van der Waals surface area contributed by atoms with Gasteiger partial charge in [-0.1, -0.05) is 18.2 Å². The fraction of sp³-hybridized carbons (Fsp3) is 0.125. The second kappa shape index (κ2) is 3.20. The molecule has 0 fully saturated rings. The van der Waals surface area contributed by atoms with Crippen LogP contribution in [-0.4, -0.2) is 7.11 Å². The van der Waals surface area contributed by atoms with Gasteiger partial charge in [-0.25, -0.2) is 4.39 Å². The summed E-state index contributed by atoms with van der Waals surface area (Å²) in [6.07, 6.45) is 0. The minimum Gasteiger partial charge on any atom is -0.496 e. The Labute approximate surface area is 59.4 Å². The Kier molecular flexibility index (Phi) is 2.26. The van der Waals surface area contributed by atoms with E-state index in [1.165, 1.54) is 7.11 Å². The van der Waals surface area contributed by atoms with Crippen molar-refractivity contribution < 1.29 is 9.13 Å². The van der Waals surface area contributed by atoms with Crippen LogP contribution in [0.2, 0.25) is 0 Å². The van der Waals surface area contributed by atoms with Crippen LogP contribution < -0.4 is 4.74 Å². The molecule has 1 rings (SSSR count). The Balaban J connectivity index is 2.96. The number of halogens is 1. The molecule has 10 heavy (non-hydrogen) atoms. The predicted molar refractivity (Wildman–Crippen MR) is 37.5 cm³/mol. The van der Waals surface area contributed by atoms with Gasteiger partial charge in [0.05, 0.1) is 7.11 Å². The molecule has 0 saturated carbocycles. The van der Waals surface area contributed by atoms with Crippen molar-refractivity contribution >= 4 is 0 Å². The number of hydrogen-bond acceptors (Lipinski definition) is 1. The van der Waals surface area contributed by atoms with Gasteiger partial charge in [0.15, 0.2) is 6.67 Å². The molecule has 0 aliphatic rings. The van der Waals surface area contributed by atoms with Crippen molar-refractivity contribution in [3.8, 4) is 5.75 Å². The summed E-state index contributed by atoms with van der Waals surface area (Å²) in [4.78, 5) is 0. The van der Waals surface area contributed by atoms with Crippen LogP contribution in [0.1, 0.15) is 5.56 Å². The molecular formula is C8H8FO. The molecule has 0 amide bonds. The molecule has 0 aliphatic heterocycles. The molecule has 1 nitrogen and oxygen atoms in total. The third-order valence-corrected chi connectivity index (χ3v) is 1.26. The predicted octanol–water partition coefficient (Wildman–Crippen LogP) is 2.17. The summed E-state index contributed by atoms with van der Waals surface area (Å²) < 4.78 is 16.8. The first-order valence-electron chi connectivity index (χ1n) is 2.95. The average molecular weight is 139 g/mol. The smallest absolute Gasteiger partial charge is 0.164 e. The van der Waals surface area contributed by atoms with Gasteiger partial charge in [0, 0.05) is 5.56 Å². The molecule has 0 heterocycles. The third kappa shape index (κ3) is 1.26. The van der Waals surface area contributed by atoms with Gasteiger partial charge in [0.2, 0.25) is 0 Å². The second-order valence-corrected chi connectivity index (χ2v) is 1.85. The molecule has 1 aromatic carbocycles. The highest BCUT2D eigenvalue weighted by Gasteiger charge is 1.98. The van der Waals surface area contributed by atoms with Crippen LogP contribution in [-0.2, 0) is 0 Å². The summed E-state index contributed by atoms with van der Waals surface area (Å²) in [7, 11) is 1.52. The number of ether oxygens (including phenoxy) is 1. The Hall–Kier alpha value is -1.05. The minimum atomic E-state index is 0.477. The Morgan fingerprint density at radius 2 is 2.10 bits per heavy atom. The molecular weight excluding hydrogens is 131 g/mol. The van der Waals surface area contributed by atoms with E-state index in [0.29, 0.717) is 18.0 Å². The molecule has 0 bridgehead atoms. The lowest BCUT2D eigenvalue weighted by molar-refractivity contribution is 0.409. The van der Waals surface area contributed by atoms with Crippen molar-refractivity contribution in [1.29, 1.82) is 0 Å². The minimum absolute atomic E-state index is 0.477. The highest BCUT2D eigenvalue weighted by molar-refractivity contribution is 5.36. The SMILES string of the molecule is COc1ccccc1[CH]F. The first kappa shape index (κ1) is 7.06. The molecule has 53 valence electrons. The maximum atomic E-state index is 12.0. The number of benzene rings is 1. The van der Waals surface area contributed by atoms with Gasteiger partial charge in [-0.3, -0.25) is 0 Å². The Bertz CT molecular complexity index is 187. The number of para-hydroxylation sites is 1. The summed E-state index contributed by atoms with van der Waals surface area (Å²) in [5, 5.41) is 0. The highest BCUT2D eigenvalue weighted by atomic mass is 19.1. The van der Waals surface area contributed by atoms with E-state index in [1.807, 2.05) is 0 Å². The summed E-state index contributed by atoms with van der Waals surface area (Å²) in [5.74, 6) is 0.560. The van der Waals surface area contributed by atoms with Crippen LogP contribution in [0.5, 0.6) is 5.75 Å². The van der Waals surface area contributed by atoms with E-state index in [4.69, 9.17) is 4.74 Å². The van der Waals surface area contributed by atoms with Crippen molar-refractivity contribution in [1.82, 2.24) is 0 Å². The summed E-state index contributed by atoms with van der Waals surface area (Å²) in [6, 6.07) is 6.92. The van der Waals surface area contributed by atoms with Crippen molar-refractivity contribution in [2.75, 3.05) is 7.11 Å². The van der Waals surface area contributed by atoms with Gasteiger partial charge < -0.3 is 4.74 Å². The van der Waals surface area contributed by atoms with Gasteiger partial charge in [0.25, 0.3) is 0 Å². The summed E-state index contributed by atoms with van der Waals surface area (Å²) in [6.45, 7) is 0.527. The maximum absolute atomic E-state index is 12.0. The van der Waals surface area contributed by atoms with Crippen molar-refractivity contribution in [2.45, 2.75) is 0 Å². The molecule has 0 spiro atoms. The summed E-state index contributed by atoms with van der Waals surface area (Å²) in [5.41, 5.74) is 0.477. The number of methoxy groups -OCH3 is 1. The van der Waals surface area contributed by atoms with Crippen LogP contribution in [0.15, 0.2) is 24.3 Å².